The standard InChI is InChI=1S/C14H16S3/c1-15-14(16-2,17-3)13-9-7-11-5-4-6-12(11)8-10-13/h4-10H,1-3H3. The van der Waals surface area contributed by atoms with Crippen molar-refractivity contribution in [1.82, 2.24) is 0 Å². The van der Waals surface area contributed by atoms with Gasteiger partial charge in [-0.25, -0.2) is 0 Å². The Kier molecular flexibility index (Phi) is 4.34. The molecule has 2 rings (SSSR count). The molecule has 0 nitrogen and oxygen atoms in total. The number of hydrogen-bond donors (Lipinski definition) is 0. The molecule has 2 aliphatic rings. The summed E-state index contributed by atoms with van der Waals surface area (Å²) in [6.45, 7) is 0. The molecule has 0 aliphatic heterocycles. The van der Waals surface area contributed by atoms with Crippen molar-refractivity contribution >= 4 is 35.3 Å². The highest BCUT2D eigenvalue weighted by Crippen LogP contribution is 2.52. The molecule has 0 N–H and O–H groups in total. The molecule has 0 aromatic heterocycles. The van der Waals surface area contributed by atoms with Gasteiger partial charge in [-0.3, -0.25) is 0 Å². The van der Waals surface area contributed by atoms with Crippen molar-refractivity contribution in [3.8, 4) is 11.1 Å². The van der Waals surface area contributed by atoms with Crippen LogP contribution in [0.4, 0.5) is 0 Å². The first kappa shape index (κ1) is 13.2. The van der Waals surface area contributed by atoms with E-state index in [9.17, 15) is 0 Å². The van der Waals surface area contributed by atoms with Gasteiger partial charge in [0.25, 0.3) is 0 Å². The Morgan fingerprint density at radius 3 is 1.59 bits per heavy atom. The van der Waals surface area contributed by atoms with E-state index in [2.05, 4.69) is 61.2 Å². The highest BCUT2D eigenvalue weighted by molar-refractivity contribution is 8.32. The number of thioether (sulfide) groups is 3. The lowest BCUT2D eigenvalue weighted by Crippen LogP contribution is -2.10. The molecule has 0 atom stereocenters. The second kappa shape index (κ2) is 5.59. The molecular weight excluding hydrogens is 264 g/mol. The smallest absolute Gasteiger partial charge is 0.131 e. The lowest BCUT2D eigenvalue weighted by Gasteiger charge is -2.27. The molecule has 0 amide bonds. The molecule has 2 aliphatic carbocycles. The van der Waals surface area contributed by atoms with Crippen molar-refractivity contribution < 1.29 is 0 Å². The van der Waals surface area contributed by atoms with Crippen LogP contribution >= 0.6 is 35.3 Å². The van der Waals surface area contributed by atoms with Crippen molar-refractivity contribution in [1.29, 1.82) is 0 Å². The lowest BCUT2D eigenvalue weighted by molar-refractivity contribution is 1.32. The highest BCUT2D eigenvalue weighted by atomic mass is 32.3. The molecule has 0 radical (unpaired) electrons. The van der Waals surface area contributed by atoms with Gasteiger partial charge >= 0.3 is 0 Å². The average Bonchev–Trinajstić information content (AvgIpc) is 2.73. The van der Waals surface area contributed by atoms with Crippen LogP contribution in [0, 0.1) is 0 Å². The molecular formula is C14H16S3. The zero-order valence-electron chi connectivity index (χ0n) is 10.3. The topological polar surface area (TPSA) is 0 Å². The van der Waals surface area contributed by atoms with Gasteiger partial charge in [0, 0.05) is 0 Å². The van der Waals surface area contributed by atoms with Gasteiger partial charge in [0.2, 0.25) is 0 Å². The van der Waals surface area contributed by atoms with Crippen LogP contribution in [0.2, 0.25) is 0 Å². The summed E-state index contributed by atoms with van der Waals surface area (Å²) in [6, 6.07) is 15.4. The molecule has 0 saturated carbocycles. The maximum atomic E-state index is 2.26. The van der Waals surface area contributed by atoms with E-state index in [0.717, 1.165) is 0 Å². The van der Waals surface area contributed by atoms with Gasteiger partial charge in [0.15, 0.2) is 0 Å². The Labute approximate surface area is 116 Å². The number of hydrogen-bond acceptors (Lipinski definition) is 3. The van der Waals surface area contributed by atoms with Crippen LogP contribution in [0.5, 0.6) is 0 Å². The SMILES string of the molecule is CSC(SC)(SC)c1ccc2cccc-2cc1. The zero-order chi connectivity index (χ0) is 12.3. The van der Waals surface area contributed by atoms with E-state index in [1.54, 1.807) is 0 Å². The average molecular weight is 280 g/mol. The zero-order valence-corrected chi connectivity index (χ0v) is 12.7. The van der Waals surface area contributed by atoms with Crippen LogP contribution in [-0.4, -0.2) is 18.8 Å². The fourth-order valence-corrected chi connectivity index (χ4v) is 5.09. The van der Waals surface area contributed by atoms with Gasteiger partial charge in [-0.15, -0.1) is 35.3 Å². The Balaban J connectivity index is 2.51. The number of rotatable bonds is 4. The fraction of sp³-hybridized carbons (Fsp3) is 0.286. The van der Waals surface area contributed by atoms with Crippen molar-refractivity contribution in [3.63, 3.8) is 0 Å². The Bertz CT molecular complexity index is 424. The predicted octanol–water partition coefficient (Wildman–Crippen LogP) is 4.99. The van der Waals surface area contributed by atoms with E-state index in [4.69, 9.17) is 0 Å². The summed E-state index contributed by atoms with van der Waals surface area (Å²) in [5.41, 5.74) is 4.00. The summed E-state index contributed by atoms with van der Waals surface area (Å²) in [4.78, 5) is 0. The maximum absolute atomic E-state index is 2.26. The van der Waals surface area contributed by atoms with E-state index >= 15 is 0 Å². The first-order valence-corrected chi connectivity index (χ1v) is 9.08. The van der Waals surface area contributed by atoms with Crippen molar-refractivity contribution in [3.05, 3.63) is 48.0 Å². The largest absolute Gasteiger partial charge is 0.132 e. The molecule has 90 valence electrons. The van der Waals surface area contributed by atoms with Crippen molar-refractivity contribution in [2.24, 2.45) is 0 Å². The normalized spacial score (nSPS) is 11.9. The molecule has 0 aromatic carbocycles. The minimum atomic E-state index is 0.108. The summed E-state index contributed by atoms with van der Waals surface area (Å²) in [6.07, 6.45) is 6.54. The molecule has 0 spiro atoms. The predicted molar refractivity (Wildman–Crippen MR) is 85.3 cm³/mol. The quantitative estimate of drug-likeness (QED) is 0.724. The van der Waals surface area contributed by atoms with Gasteiger partial charge in [-0.05, 0) is 35.5 Å². The van der Waals surface area contributed by atoms with Gasteiger partial charge < -0.3 is 0 Å². The molecule has 0 fully saturated rings. The molecule has 17 heavy (non-hydrogen) atoms. The summed E-state index contributed by atoms with van der Waals surface area (Å²) < 4.78 is 0.108. The first-order chi connectivity index (χ1) is 8.25. The molecule has 0 saturated heterocycles. The van der Waals surface area contributed by atoms with Crippen LogP contribution < -0.4 is 0 Å². The summed E-state index contributed by atoms with van der Waals surface area (Å²) in [7, 11) is 0. The number of fused-ring (bicyclic) bond motifs is 1. The van der Waals surface area contributed by atoms with Gasteiger partial charge in [-0.2, -0.15) is 0 Å². The maximum Gasteiger partial charge on any atom is 0.131 e. The Morgan fingerprint density at radius 2 is 1.18 bits per heavy atom. The van der Waals surface area contributed by atoms with Gasteiger partial charge in [0.1, 0.15) is 3.41 Å². The van der Waals surface area contributed by atoms with Gasteiger partial charge in [0.05, 0.1) is 0 Å². The van der Waals surface area contributed by atoms with E-state index in [-0.39, 0.29) is 3.41 Å². The van der Waals surface area contributed by atoms with Crippen molar-refractivity contribution in [2.75, 3.05) is 18.8 Å². The minimum Gasteiger partial charge on any atom is -0.132 e. The molecule has 0 aromatic rings. The lowest BCUT2D eigenvalue weighted by atomic mass is 10.2. The third-order valence-corrected chi connectivity index (χ3v) is 8.25. The molecule has 0 unspecified atom stereocenters. The Morgan fingerprint density at radius 1 is 0.706 bits per heavy atom. The summed E-state index contributed by atoms with van der Waals surface area (Å²) in [5.74, 6) is 0. The van der Waals surface area contributed by atoms with Crippen LogP contribution in [-0.2, 0) is 3.41 Å². The molecule has 3 heteroatoms. The van der Waals surface area contributed by atoms with Crippen molar-refractivity contribution in [2.45, 2.75) is 3.41 Å². The third kappa shape index (κ3) is 2.47. The van der Waals surface area contributed by atoms with E-state index < -0.39 is 0 Å². The summed E-state index contributed by atoms with van der Waals surface area (Å²) >= 11 is 5.70. The minimum absolute atomic E-state index is 0.108. The van der Waals surface area contributed by atoms with Crippen LogP contribution in [0.15, 0.2) is 42.5 Å². The van der Waals surface area contributed by atoms with Crippen LogP contribution in [0.25, 0.3) is 11.1 Å². The third-order valence-electron chi connectivity index (χ3n) is 2.93. The van der Waals surface area contributed by atoms with Gasteiger partial charge in [-0.1, -0.05) is 42.5 Å². The van der Waals surface area contributed by atoms with E-state index in [1.807, 2.05) is 35.3 Å². The van der Waals surface area contributed by atoms with Crippen LogP contribution in [0.3, 0.4) is 0 Å². The first-order valence-electron chi connectivity index (χ1n) is 5.40. The molecule has 0 bridgehead atoms. The Hall–Kier alpha value is -0.250. The van der Waals surface area contributed by atoms with E-state index in [1.165, 1.54) is 16.7 Å². The van der Waals surface area contributed by atoms with Crippen LogP contribution in [0.1, 0.15) is 5.56 Å². The second-order valence-electron chi connectivity index (χ2n) is 3.73. The summed E-state index contributed by atoms with van der Waals surface area (Å²) in [5, 5.41) is 0. The highest BCUT2D eigenvalue weighted by Gasteiger charge is 2.28. The second-order valence-corrected chi connectivity index (χ2v) is 7.56. The molecule has 0 heterocycles. The van der Waals surface area contributed by atoms with E-state index in [0.29, 0.717) is 0 Å². The monoisotopic (exact) mass is 280 g/mol. The fourth-order valence-electron chi connectivity index (χ4n) is 1.97.